The number of pyridine rings is 1. The van der Waals surface area contributed by atoms with Crippen molar-refractivity contribution in [2.45, 2.75) is 31.0 Å². The molecule has 8 nitrogen and oxygen atoms in total. The molecule has 31 heavy (non-hydrogen) atoms. The van der Waals surface area contributed by atoms with Gasteiger partial charge >= 0.3 is 6.18 Å². The number of rotatable bonds is 5. The van der Waals surface area contributed by atoms with Crippen LogP contribution in [-0.2, 0) is 20.2 Å². The van der Waals surface area contributed by atoms with Crippen LogP contribution in [0.15, 0.2) is 36.9 Å². The standard InChI is InChI=1S/C19H20F3N5O3S/c20-19(21,22)12-25-16(28)8-18(3-6-31(29,30)7-4-18)27-11-13(9-26-27)15-10-24-17-14(15)2-1-5-23-17/h1-2,5,9-11H,3-4,6-8,12H2,(H,23,24)(H,25,28). The Kier molecular flexibility index (Phi) is 5.28. The third-order valence-electron chi connectivity index (χ3n) is 5.56. The first kappa shape index (κ1) is 21.3. The van der Waals surface area contributed by atoms with Crippen LogP contribution >= 0.6 is 0 Å². The van der Waals surface area contributed by atoms with E-state index in [1.807, 2.05) is 11.4 Å². The van der Waals surface area contributed by atoms with Gasteiger partial charge in [-0.3, -0.25) is 9.48 Å². The summed E-state index contributed by atoms with van der Waals surface area (Å²) in [5.74, 6) is -1.12. The van der Waals surface area contributed by atoms with Gasteiger partial charge in [-0.2, -0.15) is 18.3 Å². The van der Waals surface area contributed by atoms with Gasteiger partial charge in [-0.15, -0.1) is 0 Å². The van der Waals surface area contributed by atoms with Crippen LogP contribution in [0, 0.1) is 0 Å². The van der Waals surface area contributed by atoms with Crippen LogP contribution in [0.2, 0.25) is 0 Å². The summed E-state index contributed by atoms with van der Waals surface area (Å²) < 4.78 is 62.9. The van der Waals surface area contributed by atoms with Gasteiger partial charge in [-0.05, 0) is 25.0 Å². The maximum absolute atomic E-state index is 12.5. The summed E-state index contributed by atoms with van der Waals surface area (Å²) in [7, 11) is -3.26. The van der Waals surface area contributed by atoms with E-state index in [0.29, 0.717) is 5.65 Å². The molecule has 0 aromatic carbocycles. The van der Waals surface area contributed by atoms with E-state index in [2.05, 4.69) is 15.1 Å². The average molecular weight is 455 g/mol. The number of fused-ring (bicyclic) bond motifs is 1. The normalized spacial score (nSPS) is 18.2. The van der Waals surface area contributed by atoms with Gasteiger partial charge in [-0.1, -0.05) is 0 Å². The lowest BCUT2D eigenvalue weighted by Gasteiger charge is -2.37. The Bertz CT molecular complexity index is 1200. The number of H-pyrrole nitrogens is 1. The maximum atomic E-state index is 12.5. The Hall–Kier alpha value is -2.89. The fourth-order valence-corrected chi connectivity index (χ4v) is 5.47. The highest BCUT2D eigenvalue weighted by atomic mass is 32.2. The maximum Gasteiger partial charge on any atom is 0.405 e. The average Bonchev–Trinajstić information content (AvgIpc) is 3.35. The highest BCUT2D eigenvalue weighted by Gasteiger charge is 2.42. The Balaban J connectivity index is 1.64. The van der Waals surface area contributed by atoms with Crippen LogP contribution in [0.4, 0.5) is 13.2 Å². The van der Waals surface area contributed by atoms with Crippen molar-refractivity contribution in [3.05, 3.63) is 36.9 Å². The van der Waals surface area contributed by atoms with Crippen LogP contribution in [0.3, 0.4) is 0 Å². The number of hydrogen-bond donors (Lipinski definition) is 2. The Morgan fingerprint density at radius 1 is 1.29 bits per heavy atom. The number of carbonyl (C=O) groups is 1. The monoisotopic (exact) mass is 455 g/mol. The van der Waals surface area contributed by atoms with Crippen LogP contribution in [0.5, 0.6) is 0 Å². The van der Waals surface area contributed by atoms with Crippen LogP contribution in [-0.4, -0.2) is 58.3 Å². The Morgan fingerprint density at radius 3 is 2.74 bits per heavy atom. The molecule has 2 N–H and O–H groups in total. The third-order valence-corrected chi connectivity index (χ3v) is 7.22. The van der Waals surface area contributed by atoms with Crippen LogP contribution in [0.1, 0.15) is 19.3 Å². The van der Waals surface area contributed by atoms with E-state index < -0.39 is 34.0 Å². The number of halogens is 3. The van der Waals surface area contributed by atoms with Crippen molar-refractivity contribution >= 4 is 26.8 Å². The number of amides is 1. The SMILES string of the molecule is O=C(CC1(n2cc(-c3c[nH]c4ncccc34)cn2)CCS(=O)(=O)CC1)NCC(F)(F)F. The quantitative estimate of drug-likeness (QED) is 0.614. The van der Waals surface area contributed by atoms with Crippen LogP contribution < -0.4 is 5.32 Å². The fourth-order valence-electron chi connectivity index (χ4n) is 3.88. The van der Waals surface area contributed by atoms with Gasteiger partial charge in [0.2, 0.25) is 5.91 Å². The molecule has 1 aliphatic rings. The lowest BCUT2D eigenvalue weighted by atomic mass is 9.88. The third kappa shape index (κ3) is 4.58. The van der Waals surface area contributed by atoms with Crippen molar-refractivity contribution < 1.29 is 26.4 Å². The van der Waals surface area contributed by atoms with E-state index in [0.717, 1.165) is 16.5 Å². The van der Waals surface area contributed by atoms with Gasteiger partial charge in [0.05, 0.1) is 29.7 Å². The number of nitrogens with zero attached hydrogens (tertiary/aromatic N) is 3. The number of nitrogens with one attached hydrogen (secondary N) is 2. The molecule has 0 saturated carbocycles. The van der Waals surface area contributed by atoms with Gasteiger partial charge in [0, 0.05) is 35.1 Å². The lowest BCUT2D eigenvalue weighted by molar-refractivity contribution is -0.139. The topological polar surface area (TPSA) is 110 Å². The molecule has 0 spiro atoms. The number of aromatic nitrogens is 4. The molecule has 3 aromatic rings. The van der Waals surface area contributed by atoms with E-state index in [-0.39, 0.29) is 30.8 Å². The number of aromatic amines is 1. The van der Waals surface area contributed by atoms with E-state index >= 15 is 0 Å². The molecule has 1 aliphatic heterocycles. The second kappa shape index (κ2) is 7.66. The molecule has 4 rings (SSSR count). The van der Waals surface area contributed by atoms with Gasteiger partial charge in [0.15, 0.2) is 9.84 Å². The first-order chi connectivity index (χ1) is 14.6. The Labute approximate surface area is 175 Å². The van der Waals surface area contributed by atoms with Gasteiger partial charge in [0.25, 0.3) is 0 Å². The summed E-state index contributed by atoms with van der Waals surface area (Å²) in [6.07, 6.45) is 2.07. The number of sulfone groups is 1. The second-order valence-corrected chi connectivity index (χ2v) is 10.0. The molecule has 12 heteroatoms. The number of alkyl halides is 3. The molecule has 0 bridgehead atoms. The summed E-state index contributed by atoms with van der Waals surface area (Å²) in [6, 6.07) is 3.68. The molecule has 3 aromatic heterocycles. The molecule has 4 heterocycles. The minimum atomic E-state index is -4.53. The molecule has 1 fully saturated rings. The molecule has 0 unspecified atom stereocenters. The van der Waals surface area contributed by atoms with E-state index in [1.54, 1.807) is 30.9 Å². The zero-order valence-electron chi connectivity index (χ0n) is 16.3. The first-order valence-electron chi connectivity index (χ1n) is 9.58. The lowest BCUT2D eigenvalue weighted by Crippen LogP contribution is -2.46. The minimum Gasteiger partial charge on any atom is -0.347 e. The zero-order valence-corrected chi connectivity index (χ0v) is 17.1. The number of hydrogen-bond acceptors (Lipinski definition) is 5. The van der Waals surface area contributed by atoms with E-state index in [4.69, 9.17) is 0 Å². The van der Waals surface area contributed by atoms with Crippen molar-refractivity contribution in [3.63, 3.8) is 0 Å². The van der Waals surface area contributed by atoms with Gasteiger partial charge in [-0.25, -0.2) is 13.4 Å². The predicted octanol–water partition coefficient (Wildman–Crippen LogP) is 2.40. The van der Waals surface area contributed by atoms with E-state index in [1.165, 1.54) is 4.68 Å². The van der Waals surface area contributed by atoms with Crippen LogP contribution in [0.25, 0.3) is 22.2 Å². The highest BCUT2D eigenvalue weighted by Crippen LogP contribution is 2.36. The largest absolute Gasteiger partial charge is 0.405 e. The zero-order chi connectivity index (χ0) is 22.3. The van der Waals surface area contributed by atoms with E-state index in [9.17, 15) is 26.4 Å². The molecule has 1 saturated heterocycles. The fraction of sp³-hybridized carbons (Fsp3) is 0.421. The molecule has 0 atom stereocenters. The molecule has 166 valence electrons. The number of carbonyl (C=O) groups excluding carboxylic acids is 1. The second-order valence-electron chi connectivity index (χ2n) is 7.72. The van der Waals surface area contributed by atoms with Crippen molar-refractivity contribution in [2.24, 2.45) is 0 Å². The van der Waals surface area contributed by atoms with Gasteiger partial charge < -0.3 is 10.3 Å². The van der Waals surface area contributed by atoms with Crippen molar-refractivity contribution in [3.8, 4) is 11.1 Å². The Morgan fingerprint density at radius 2 is 2.03 bits per heavy atom. The highest BCUT2D eigenvalue weighted by molar-refractivity contribution is 7.91. The smallest absolute Gasteiger partial charge is 0.347 e. The minimum absolute atomic E-state index is 0.0886. The summed E-state index contributed by atoms with van der Waals surface area (Å²) in [4.78, 5) is 19.6. The molecular formula is C19H20F3N5O3S. The van der Waals surface area contributed by atoms with Gasteiger partial charge in [0.1, 0.15) is 12.2 Å². The molecule has 1 amide bonds. The van der Waals surface area contributed by atoms with Crippen molar-refractivity contribution in [1.82, 2.24) is 25.1 Å². The molecule has 0 aliphatic carbocycles. The summed E-state index contributed by atoms with van der Waals surface area (Å²) in [6.45, 7) is -1.44. The van der Waals surface area contributed by atoms with Crippen molar-refractivity contribution in [2.75, 3.05) is 18.1 Å². The van der Waals surface area contributed by atoms with Crippen molar-refractivity contribution in [1.29, 1.82) is 0 Å². The first-order valence-corrected chi connectivity index (χ1v) is 11.4. The summed E-state index contributed by atoms with van der Waals surface area (Å²) >= 11 is 0. The predicted molar refractivity (Wildman–Crippen MR) is 107 cm³/mol. The summed E-state index contributed by atoms with van der Waals surface area (Å²) in [5, 5.41) is 7.11. The summed E-state index contributed by atoms with van der Waals surface area (Å²) in [5.41, 5.74) is 1.22. The molecule has 0 radical (unpaired) electrons. The molecular weight excluding hydrogens is 435 g/mol.